The fraction of sp³-hybridized carbons (Fsp3) is 0.474. The molecule has 0 radical (unpaired) electrons. The first-order chi connectivity index (χ1) is 10.2. The maximum atomic E-state index is 3.79. The molecule has 0 saturated heterocycles. The lowest BCUT2D eigenvalue weighted by molar-refractivity contribution is 0.838. The molecule has 0 saturated carbocycles. The van der Waals surface area contributed by atoms with Crippen molar-refractivity contribution in [2.45, 2.75) is 58.2 Å². The van der Waals surface area contributed by atoms with Gasteiger partial charge in [0.2, 0.25) is 0 Å². The van der Waals surface area contributed by atoms with Crippen LogP contribution in [0.3, 0.4) is 0 Å². The molecule has 0 aliphatic heterocycles. The first-order valence-corrected chi connectivity index (χ1v) is 11.7. The molecule has 0 nitrogen and oxygen atoms in total. The molecule has 1 rings (SSSR count). The van der Waals surface area contributed by atoms with Crippen molar-refractivity contribution in [2.75, 3.05) is 0 Å². The topological polar surface area (TPSA) is 0 Å². The summed E-state index contributed by atoms with van der Waals surface area (Å²) in [5.74, 6) is 3.53. The van der Waals surface area contributed by atoms with Gasteiger partial charge in [-0.05, 0) is 66.2 Å². The number of hydrogen-bond acceptors (Lipinski definition) is 0. The molecule has 0 heterocycles. The third kappa shape index (κ3) is 4.60. The summed E-state index contributed by atoms with van der Waals surface area (Å²) in [5, 5.41) is 0. The Morgan fingerprint density at radius 3 is 1.91 bits per heavy atom. The van der Waals surface area contributed by atoms with Gasteiger partial charge in [-0.1, -0.05) is 65.7 Å². The highest BCUT2D eigenvalue weighted by atomic mass is 79.9. The SMILES string of the molecule is CC(C)[Si](C#Cc1ccccc1C=C(Br)Br)(C(C)C)C(C)C. The molecule has 1 aromatic rings. The molecule has 0 amide bonds. The second-order valence-electron chi connectivity index (χ2n) is 6.67. The highest BCUT2D eigenvalue weighted by Crippen LogP contribution is 2.40. The zero-order valence-corrected chi connectivity index (χ0v) is 18.5. The minimum atomic E-state index is -1.68. The largest absolute Gasteiger partial charge is 0.146 e. The maximum Gasteiger partial charge on any atom is 0.146 e. The van der Waals surface area contributed by atoms with E-state index < -0.39 is 8.07 Å². The van der Waals surface area contributed by atoms with Gasteiger partial charge in [0.15, 0.2) is 0 Å². The maximum absolute atomic E-state index is 3.79. The van der Waals surface area contributed by atoms with E-state index in [4.69, 9.17) is 0 Å². The molecule has 0 unspecified atom stereocenters. The summed E-state index contributed by atoms with van der Waals surface area (Å²) in [6.07, 6.45) is 2.06. The van der Waals surface area contributed by atoms with Gasteiger partial charge in [-0.3, -0.25) is 0 Å². The molecular formula is C19H26Br2Si. The first kappa shape index (κ1) is 19.7. The number of halogens is 2. The molecule has 0 bridgehead atoms. The first-order valence-electron chi connectivity index (χ1n) is 7.86. The summed E-state index contributed by atoms with van der Waals surface area (Å²) in [6.45, 7) is 14.1. The summed E-state index contributed by atoms with van der Waals surface area (Å²) < 4.78 is 0.939. The van der Waals surface area contributed by atoms with E-state index in [0.717, 1.165) is 14.5 Å². The summed E-state index contributed by atoms with van der Waals surface area (Å²) in [6, 6.07) is 8.34. The van der Waals surface area contributed by atoms with Crippen LogP contribution >= 0.6 is 31.9 Å². The van der Waals surface area contributed by atoms with Gasteiger partial charge < -0.3 is 0 Å². The molecular weight excluding hydrogens is 416 g/mol. The van der Waals surface area contributed by atoms with Crippen molar-refractivity contribution >= 4 is 46.0 Å². The molecule has 120 valence electrons. The van der Waals surface area contributed by atoms with Gasteiger partial charge in [0, 0.05) is 5.56 Å². The minimum Gasteiger partial charge on any atom is -0.125 e. The summed E-state index contributed by atoms with van der Waals surface area (Å²) in [4.78, 5) is 0. The Balaban J connectivity index is 3.40. The molecule has 0 aliphatic rings. The van der Waals surface area contributed by atoms with Crippen LogP contribution in [0.2, 0.25) is 16.6 Å². The Morgan fingerprint density at radius 2 is 1.45 bits per heavy atom. The Bertz CT molecular complexity index is 563. The lowest BCUT2D eigenvalue weighted by Gasteiger charge is -2.38. The van der Waals surface area contributed by atoms with E-state index in [9.17, 15) is 0 Å². The average molecular weight is 442 g/mol. The minimum absolute atomic E-state index is 0.658. The standard InChI is InChI=1S/C19H26Br2Si/c1-14(2)22(15(3)4,16(5)6)12-11-17-9-7-8-10-18(17)13-19(20)21/h7-10,13-16H,1-6H3. The number of rotatable bonds is 4. The van der Waals surface area contributed by atoms with Crippen molar-refractivity contribution < 1.29 is 0 Å². The number of benzene rings is 1. The predicted octanol–water partition coefficient (Wildman–Crippen LogP) is 7.34. The molecule has 0 aliphatic carbocycles. The van der Waals surface area contributed by atoms with E-state index >= 15 is 0 Å². The molecule has 22 heavy (non-hydrogen) atoms. The van der Waals surface area contributed by atoms with Crippen molar-refractivity contribution in [3.63, 3.8) is 0 Å². The average Bonchev–Trinajstić information content (AvgIpc) is 2.39. The smallest absolute Gasteiger partial charge is 0.125 e. The van der Waals surface area contributed by atoms with Crippen LogP contribution in [0.1, 0.15) is 52.7 Å². The Morgan fingerprint density at radius 1 is 0.955 bits per heavy atom. The molecule has 3 heteroatoms. The van der Waals surface area contributed by atoms with Gasteiger partial charge in [-0.25, -0.2) is 0 Å². The van der Waals surface area contributed by atoms with Crippen molar-refractivity contribution in [2.24, 2.45) is 0 Å². The van der Waals surface area contributed by atoms with Crippen LogP contribution in [0.15, 0.2) is 27.7 Å². The highest BCUT2D eigenvalue weighted by Gasteiger charge is 2.41. The molecule has 0 fully saturated rings. The Labute approximate surface area is 154 Å². The fourth-order valence-corrected chi connectivity index (χ4v) is 9.17. The van der Waals surface area contributed by atoms with E-state index in [0.29, 0.717) is 16.6 Å². The van der Waals surface area contributed by atoms with Gasteiger partial charge in [-0.2, -0.15) is 0 Å². The molecule has 0 spiro atoms. The van der Waals surface area contributed by atoms with Gasteiger partial charge in [0.25, 0.3) is 0 Å². The Hall–Kier alpha value is -0.303. The quantitative estimate of drug-likeness (QED) is 0.338. The van der Waals surface area contributed by atoms with Crippen molar-refractivity contribution in [3.05, 3.63) is 38.8 Å². The zero-order valence-electron chi connectivity index (χ0n) is 14.4. The molecule has 1 aromatic carbocycles. The Kier molecular flexibility index (Phi) is 7.65. The van der Waals surface area contributed by atoms with Gasteiger partial charge in [0.1, 0.15) is 8.07 Å². The second kappa shape index (κ2) is 8.52. The fourth-order valence-electron chi connectivity index (χ4n) is 3.46. The summed E-state index contributed by atoms with van der Waals surface area (Å²) in [5.41, 5.74) is 8.02. The van der Waals surface area contributed by atoms with Gasteiger partial charge in [0.05, 0.1) is 3.39 Å². The van der Waals surface area contributed by atoms with E-state index in [1.165, 1.54) is 0 Å². The third-order valence-corrected chi connectivity index (χ3v) is 11.3. The second-order valence-corrected chi connectivity index (χ2v) is 15.0. The van der Waals surface area contributed by atoms with Gasteiger partial charge >= 0.3 is 0 Å². The van der Waals surface area contributed by atoms with Crippen LogP contribution in [0.25, 0.3) is 6.08 Å². The van der Waals surface area contributed by atoms with Crippen LogP contribution in [0, 0.1) is 11.5 Å². The van der Waals surface area contributed by atoms with E-state index in [-0.39, 0.29) is 0 Å². The van der Waals surface area contributed by atoms with Crippen molar-refractivity contribution in [3.8, 4) is 11.5 Å². The summed E-state index contributed by atoms with van der Waals surface area (Å²) >= 11 is 6.89. The van der Waals surface area contributed by atoms with Crippen LogP contribution in [0.5, 0.6) is 0 Å². The van der Waals surface area contributed by atoms with E-state index in [1.807, 2.05) is 0 Å². The van der Waals surface area contributed by atoms with Crippen molar-refractivity contribution in [1.82, 2.24) is 0 Å². The van der Waals surface area contributed by atoms with Crippen LogP contribution in [0.4, 0.5) is 0 Å². The highest BCUT2D eigenvalue weighted by molar-refractivity contribution is 9.28. The molecule has 0 atom stereocenters. The van der Waals surface area contributed by atoms with Crippen LogP contribution in [-0.4, -0.2) is 8.07 Å². The molecule has 0 aromatic heterocycles. The normalized spacial score (nSPS) is 11.6. The zero-order chi connectivity index (χ0) is 16.9. The van der Waals surface area contributed by atoms with Gasteiger partial charge in [-0.15, -0.1) is 5.54 Å². The monoisotopic (exact) mass is 440 g/mol. The summed E-state index contributed by atoms with van der Waals surface area (Å²) in [7, 11) is -1.68. The lowest BCUT2D eigenvalue weighted by Crippen LogP contribution is -2.43. The predicted molar refractivity (Wildman–Crippen MR) is 110 cm³/mol. The van der Waals surface area contributed by atoms with Crippen LogP contribution < -0.4 is 0 Å². The third-order valence-electron chi connectivity index (χ3n) is 4.51. The van der Waals surface area contributed by atoms with E-state index in [2.05, 4.69) is 115 Å². The van der Waals surface area contributed by atoms with Crippen LogP contribution in [-0.2, 0) is 0 Å². The number of hydrogen-bond donors (Lipinski definition) is 0. The molecule has 0 N–H and O–H groups in total. The van der Waals surface area contributed by atoms with E-state index in [1.54, 1.807) is 0 Å². The van der Waals surface area contributed by atoms with Crippen molar-refractivity contribution in [1.29, 1.82) is 0 Å². The lowest BCUT2D eigenvalue weighted by atomic mass is 10.1.